The summed E-state index contributed by atoms with van der Waals surface area (Å²) in [7, 11) is 1.79. The molecule has 1 aromatic heterocycles. The number of piperidine rings is 1. The lowest BCUT2D eigenvalue weighted by Gasteiger charge is -2.36. The summed E-state index contributed by atoms with van der Waals surface area (Å²) in [6.07, 6.45) is -2.59. The van der Waals surface area contributed by atoms with Gasteiger partial charge >= 0.3 is 6.18 Å². The Hall–Kier alpha value is -5.21. The molecule has 0 aliphatic carbocycles. The van der Waals surface area contributed by atoms with Crippen molar-refractivity contribution in [2.45, 2.75) is 25.1 Å². The van der Waals surface area contributed by atoms with Crippen molar-refractivity contribution in [2.24, 2.45) is 0 Å². The summed E-state index contributed by atoms with van der Waals surface area (Å²) >= 11 is 0. The van der Waals surface area contributed by atoms with Crippen molar-refractivity contribution in [3.63, 3.8) is 0 Å². The number of nitrogens with zero attached hydrogens (tertiary/aromatic N) is 6. The molecular weight excluding hydrogens is 605 g/mol. The molecule has 46 heavy (non-hydrogen) atoms. The number of anilines is 4. The first-order valence-corrected chi connectivity index (χ1v) is 14.8. The summed E-state index contributed by atoms with van der Waals surface area (Å²) in [5.41, 5.74) is 1.03. The predicted octanol–water partition coefficient (Wildman–Crippen LogP) is 2.77. The Labute approximate surface area is 262 Å². The highest BCUT2D eigenvalue weighted by molar-refractivity contribution is 6.25. The fourth-order valence-electron chi connectivity index (χ4n) is 5.94. The molecule has 0 saturated carbocycles. The fourth-order valence-corrected chi connectivity index (χ4v) is 5.94. The number of likely N-dealkylation sites (N-methyl/N-ethyl adjacent to an activating group) is 1. The summed E-state index contributed by atoms with van der Waals surface area (Å²) < 4.78 is 38.7. The smallest absolute Gasteiger partial charge is 0.372 e. The number of hydrogen-bond donors (Lipinski definition) is 2. The van der Waals surface area contributed by atoms with Crippen LogP contribution in [0, 0.1) is 0 Å². The number of benzene rings is 2. The third kappa shape index (κ3) is 6.04. The second-order valence-electron chi connectivity index (χ2n) is 11.3. The maximum atomic E-state index is 13.4. The third-order valence-electron chi connectivity index (χ3n) is 8.39. The maximum Gasteiger partial charge on any atom is 0.416 e. The largest absolute Gasteiger partial charge is 0.416 e. The van der Waals surface area contributed by atoms with E-state index in [1.807, 2.05) is 9.80 Å². The first-order valence-electron chi connectivity index (χ1n) is 14.8. The number of carbonyl (C=O) groups excluding carboxylic acids is 4. The number of halogens is 3. The number of amides is 4. The molecule has 4 amide bonds. The zero-order chi connectivity index (χ0) is 32.6. The molecular formula is C31H31F3N8O4. The van der Waals surface area contributed by atoms with Crippen LogP contribution in [0.4, 0.5) is 36.3 Å². The minimum Gasteiger partial charge on any atom is -0.372 e. The van der Waals surface area contributed by atoms with Crippen molar-refractivity contribution in [3.05, 3.63) is 71.4 Å². The summed E-state index contributed by atoms with van der Waals surface area (Å²) in [5.74, 6) is -1.10. The Morgan fingerprint density at radius 2 is 1.67 bits per heavy atom. The van der Waals surface area contributed by atoms with Crippen molar-refractivity contribution in [3.8, 4) is 0 Å². The van der Waals surface area contributed by atoms with E-state index < -0.39 is 41.4 Å². The molecule has 1 atom stereocenters. The van der Waals surface area contributed by atoms with Crippen LogP contribution in [0.2, 0.25) is 0 Å². The zero-order valence-electron chi connectivity index (χ0n) is 24.9. The van der Waals surface area contributed by atoms with Gasteiger partial charge in [0.15, 0.2) is 0 Å². The number of piperazine rings is 1. The molecule has 15 heteroatoms. The Morgan fingerprint density at radius 1 is 0.957 bits per heavy atom. The van der Waals surface area contributed by atoms with Gasteiger partial charge in [-0.3, -0.25) is 29.4 Å². The summed E-state index contributed by atoms with van der Waals surface area (Å²) in [5, 5.41) is 5.40. The first kappa shape index (κ1) is 30.8. The van der Waals surface area contributed by atoms with Crippen LogP contribution in [0.15, 0.2) is 54.7 Å². The Balaban J connectivity index is 1.05. The number of alkyl halides is 3. The van der Waals surface area contributed by atoms with Gasteiger partial charge in [-0.1, -0.05) is 6.07 Å². The SMILES string of the molecule is CN(CCNc1nccc(N2CCN(c3ccc(C(F)(F)F)cc3)CC2)n1)c1cccc2c1C(=O)N(C1CCC(=O)NC1=O)C2=O. The van der Waals surface area contributed by atoms with Gasteiger partial charge in [0, 0.05) is 64.6 Å². The number of fused-ring (bicyclic) bond motifs is 1. The molecule has 240 valence electrons. The van der Waals surface area contributed by atoms with Gasteiger partial charge in [0.1, 0.15) is 11.9 Å². The van der Waals surface area contributed by atoms with Gasteiger partial charge in [-0.2, -0.15) is 18.2 Å². The minimum atomic E-state index is -4.37. The molecule has 3 aromatic rings. The summed E-state index contributed by atoms with van der Waals surface area (Å²) in [6.45, 7) is 3.32. The molecule has 4 heterocycles. The van der Waals surface area contributed by atoms with E-state index in [0.717, 1.165) is 28.5 Å². The number of hydrogen-bond acceptors (Lipinski definition) is 10. The van der Waals surface area contributed by atoms with Crippen LogP contribution < -0.4 is 25.3 Å². The number of carbonyl (C=O) groups is 4. The lowest BCUT2D eigenvalue weighted by atomic mass is 10.0. The molecule has 2 aromatic carbocycles. The molecule has 6 rings (SSSR count). The summed E-state index contributed by atoms with van der Waals surface area (Å²) in [6, 6.07) is 10.9. The highest BCUT2D eigenvalue weighted by Gasteiger charge is 2.46. The molecule has 3 aliphatic rings. The number of aromatic nitrogens is 2. The quantitative estimate of drug-likeness (QED) is 0.356. The number of rotatable bonds is 8. The van der Waals surface area contributed by atoms with E-state index in [0.29, 0.717) is 50.9 Å². The van der Waals surface area contributed by atoms with Crippen molar-refractivity contribution in [1.29, 1.82) is 0 Å². The van der Waals surface area contributed by atoms with Crippen LogP contribution >= 0.6 is 0 Å². The molecule has 2 fully saturated rings. The third-order valence-corrected chi connectivity index (χ3v) is 8.39. The van der Waals surface area contributed by atoms with Gasteiger partial charge in [0.25, 0.3) is 11.8 Å². The van der Waals surface area contributed by atoms with Crippen molar-refractivity contribution in [2.75, 3.05) is 66.3 Å². The van der Waals surface area contributed by atoms with Gasteiger partial charge in [0.05, 0.1) is 22.4 Å². The van der Waals surface area contributed by atoms with Crippen LogP contribution in [-0.2, 0) is 15.8 Å². The average Bonchev–Trinajstić information content (AvgIpc) is 3.30. The normalized spacial score (nSPS) is 18.5. The van der Waals surface area contributed by atoms with Crippen LogP contribution in [0.3, 0.4) is 0 Å². The molecule has 0 bridgehead atoms. The van der Waals surface area contributed by atoms with Crippen molar-refractivity contribution < 1.29 is 32.3 Å². The fraction of sp³-hybridized carbons (Fsp3) is 0.355. The van der Waals surface area contributed by atoms with E-state index in [-0.39, 0.29) is 24.0 Å². The molecule has 3 aliphatic heterocycles. The van der Waals surface area contributed by atoms with E-state index in [1.165, 1.54) is 12.1 Å². The Morgan fingerprint density at radius 3 is 2.37 bits per heavy atom. The van der Waals surface area contributed by atoms with Gasteiger partial charge in [0.2, 0.25) is 17.8 Å². The minimum absolute atomic E-state index is 0.0461. The van der Waals surface area contributed by atoms with Gasteiger partial charge < -0.3 is 20.0 Å². The number of nitrogens with one attached hydrogen (secondary N) is 2. The molecule has 12 nitrogen and oxygen atoms in total. The topological polar surface area (TPSA) is 131 Å². The average molecular weight is 637 g/mol. The lowest BCUT2D eigenvalue weighted by molar-refractivity contribution is -0.138. The summed E-state index contributed by atoms with van der Waals surface area (Å²) in [4.78, 5) is 66.4. The van der Waals surface area contributed by atoms with Crippen LogP contribution in [-0.4, -0.2) is 90.9 Å². The van der Waals surface area contributed by atoms with Crippen molar-refractivity contribution >= 4 is 46.8 Å². The number of imide groups is 2. The van der Waals surface area contributed by atoms with E-state index in [2.05, 4.69) is 25.5 Å². The van der Waals surface area contributed by atoms with Gasteiger partial charge in [-0.25, -0.2) is 4.98 Å². The van der Waals surface area contributed by atoms with Gasteiger partial charge in [-0.05, 0) is 48.9 Å². The van der Waals surface area contributed by atoms with E-state index in [4.69, 9.17) is 0 Å². The lowest BCUT2D eigenvalue weighted by Crippen LogP contribution is -2.54. The zero-order valence-corrected chi connectivity index (χ0v) is 24.9. The van der Waals surface area contributed by atoms with E-state index in [1.54, 1.807) is 37.5 Å². The predicted molar refractivity (Wildman–Crippen MR) is 163 cm³/mol. The molecule has 2 saturated heterocycles. The second-order valence-corrected chi connectivity index (χ2v) is 11.3. The van der Waals surface area contributed by atoms with E-state index >= 15 is 0 Å². The highest BCUT2D eigenvalue weighted by atomic mass is 19.4. The highest BCUT2D eigenvalue weighted by Crippen LogP contribution is 2.34. The first-order chi connectivity index (χ1) is 22.0. The van der Waals surface area contributed by atoms with Crippen LogP contribution in [0.1, 0.15) is 39.1 Å². The molecule has 0 radical (unpaired) electrons. The van der Waals surface area contributed by atoms with Crippen molar-refractivity contribution in [1.82, 2.24) is 20.2 Å². The van der Waals surface area contributed by atoms with Gasteiger partial charge in [-0.15, -0.1) is 0 Å². The maximum absolute atomic E-state index is 13.4. The molecule has 1 unspecified atom stereocenters. The van der Waals surface area contributed by atoms with Crippen LogP contribution in [0.25, 0.3) is 0 Å². The Bertz CT molecular complexity index is 1670. The van der Waals surface area contributed by atoms with Crippen LogP contribution in [0.5, 0.6) is 0 Å². The standard InChI is InChI=1S/C31H31F3N8O4/c1-39(22-4-2-3-21-26(22)29(46)42(28(21)45)23-9-10-25(43)38-27(23)44)14-13-36-30-35-12-11-24(37-30)41-17-15-40(16-18-41)20-7-5-19(6-8-20)31(32,33)34/h2-8,11-12,23H,9-10,13-18H2,1H3,(H,35,36,37)(H,38,43,44). The van der Waals surface area contributed by atoms with E-state index in [9.17, 15) is 32.3 Å². The molecule has 2 N–H and O–H groups in total. The molecule has 0 spiro atoms. The second kappa shape index (κ2) is 12.3. The Kier molecular flexibility index (Phi) is 8.23. The monoisotopic (exact) mass is 636 g/mol.